The van der Waals surface area contributed by atoms with Crippen molar-refractivity contribution in [2.75, 3.05) is 13.1 Å². The van der Waals surface area contributed by atoms with Crippen LogP contribution < -0.4 is 10.6 Å². The summed E-state index contributed by atoms with van der Waals surface area (Å²) >= 11 is 5.93. The Bertz CT molecular complexity index is 1480. The van der Waals surface area contributed by atoms with Crippen LogP contribution in [0.4, 0.5) is 0 Å². The molecule has 9 nitrogen and oxygen atoms in total. The molecule has 1 saturated carbocycles. The van der Waals surface area contributed by atoms with Gasteiger partial charge in [0.15, 0.2) is 16.9 Å². The maximum atomic E-state index is 12.7. The van der Waals surface area contributed by atoms with Crippen LogP contribution in [0.2, 0.25) is 5.02 Å². The van der Waals surface area contributed by atoms with Crippen molar-refractivity contribution >= 4 is 39.6 Å². The molecule has 0 radical (unpaired) electrons. The lowest BCUT2D eigenvalue weighted by molar-refractivity contribution is -0.119. The summed E-state index contributed by atoms with van der Waals surface area (Å²) in [5.41, 5.74) is 1.60. The van der Waals surface area contributed by atoms with Crippen LogP contribution in [0.3, 0.4) is 0 Å². The number of rotatable bonds is 15. The first-order valence-electron chi connectivity index (χ1n) is 16.7. The predicted octanol–water partition coefficient (Wildman–Crippen LogP) is 7.21. The van der Waals surface area contributed by atoms with Crippen LogP contribution in [-0.2, 0) is 19.6 Å². The highest BCUT2D eigenvalue weighted by Crippen LogP contribution is 2.29. The SMILES string of the molecule is CC(=O)C(CC1CCCCC1)NC(=O)c1oc(-c2ccc(Cl)cc2)cc1C.CC[C@H](C)CCCN(CC=O)S(=O)(=O)C1C=CC=CN1. The predicted molar refractivity (Wildman–Crippen MR) is 187 cm³/mol. The Hall–Kier alpha value is -3.21. The van der Waals surface area contributed by atoms with Crippen LogP contribution in [0, 0.1) is 18.8 Å². The normalized spacial score (nSPS) is 17.7. The number of ketones is 1. The number of benzene rings is 1. The number of hydrogen-bond acceptors (Lipinski definition) is 7. The number of nitrogens with zero attached hydrogens (tertiary/aromatic N) is 1. The minimum atomic E-state index is -3.54. The molecule has 3 atom stereocenters. The van der Waals surface area contributed by atoms with Gasteiger partial charge in [-0.3, -0.25) is 9.59 Å². The number of aryl methyl sites for hydroxylation is 1. The fraction of sp³-hybridized carbons (Fsp3) is 0.528. The largest absolute Gasteiger partial charge is 0.451 e. The molecule has 2 N–H and O–H groups in total. The quantitative estimate of drug-likeness (QED) is 0.190. The summed E-state index contributed by atoms with van der Waals surface area (Å²) in [5, 5.41) is 5.55. The van der Waals surface area contributed by atoms with E-state index in [0.717, 1.165) is 43.2 Å². The van der Waals surface area contributed by atoms with E-state index in [1.807, 2.05) is 25.1 Å². The Morgan fingerprint density at radius 3 is 2.45 bits per heavy atom. The highest BCUT2D eigenvalue weighted by atomic mass is 35.5. The van der Waals surface area contributed by atoms with Crippen LogP contribution in [0.15, 0.2) is 59.2 Å². The number of aldehydes is 1. The molecule has 0 saturated heterocycles. The molecule has 2 aromatic rings. The van der Waals surface area contributed by atoms with Gasteiger partial charge >= 0.3 is 0 Å². The number of furan rings is 1. The van der Waals surface area contributed by atoms with Crippen molar-refractivity contribution in [3.63, 3.8) is 0 Å². The summed E-state index contributed by atoms with van der Waals surface area (Å²) in [6.07, 6.45) is 16.8. The van der Waals surface area contributed by atoms with Gasteiger partial charge in [-0.25, -0.2) is 8.42 Å². The van der Waals surface area contributed by atoms with E-state index in [9.17, 15) is 22.8 Å². The highest BCUT2D eigenvalue weighted by Gasteiger charge is 2.30. The number of halogens is 1. The van der Waals surface area contributed by atoms with E-state index in [4.69, 9.17) is 16.0 Å². The summed E-state index contributed by atoms with van der Waals surface area (Å²) in [6.45, 7) is 7.95. The first kappa shape index (κ1) is 38.2. The molecular formula is C36H50ClN3O6S. The number of nitrogens with one attached hydrogen (secondary N) is 2. The summed E-state index contributed by atoms with van der Waals surface area (Å²) in [6, 6.07) is 8.65. The summed E-state index contributed by atoms with van der Waals surface area (Å²) < 4.78 is 32.0. The Morgan fingerprint density at radius 1 is 1.15 bits per heavy atom. The van der Waals surface area contributed by atoms with Gasteiger partial charge < -0.3 is 19.8 Å². The van der Waals surface area contributed by atoms with E-state index in [1.165, 1.54) is 23.6 Å². The molecule has 1 aromatic heterocycles. The number of hydrogen-bond donors (Lipinski definition) is 2. The standard InChI is InChI=1S/C22H26ClNO3.C14H24N2O3S/c1-14-12-20(17-8-10-18(23)11-9-17)27-21(14)22(26)24-19(15(2)25)13-16-6-4-3-5-7-16;1-3-13(2)7-6-10-16(11-12-17)20(18,19)14-8-4-5-9-15-14/h8-12,16,19H,3-7,13H2,1-2H3,(H,24,26);4-5,8-9,12-15H,3,6-7,10-11H2,1-2H3/t;13-,14?/m.0/s1. The zero-order valence-electron chi connectivity index (χ0n) is 28.0. The minimum Gasteiger partial charge on any atom is -0.451 e. The fourth-order valence-corrected chi connectivity index (χ4v) is 7.41. The number of carbonyl (C=O) groups is 3. The van der Waals surface area contributed by atoms with Crippen molar-refractivity contribution in [3.05, 3.63) is 71.1 Å². The summed E-state index contributed by atoms with van der Waals surface area (Å²) in [5.74, 6) is 1.62. The van der Waals surface area contributed by atoms with Crippen LogP contribution >= 0.6 is 11.6 Å². The van der Waals surface area contributed by atoms with Gasteiger partial charge in [-0.15, -0.1) is 0 Å². The number of sulfonamides is 1. The van der Waals surface area contributed by atoms with Crippen LogP contribution in [0.5, 0.6) is 0 Å². The molecule has 2 unspecified atom stereocenters. The number of dihydropyridines is 1. The van der Waals surface area contributed by atoms with Crippen LogP contribution in [0.1, 0.15) is 94.7 Å². The smallest absolute Gasteiger partial charge is 0.287 e. The van der Waals surface area contributed by atoms with Gasteiger partial charge in [-0.05, 0) is 93.6 Å². The zero-order chi connectivity index (χ0) is 34.4. The Balaban J connectivity index is 0.000000268. The second-order valence-electron chi connectivity index (χ2n) is 12.6. The van der Waals surface area contributed by atoms with E-state index in [0.29, 0.717) is 41.9 Å². The van der Waals surface area contributed by atoms with Gasteiger partial charge in [0.05, 0.1) is 12.6 Å². The highest BCUT2D eigenvalue weighted by molar-refractivity contribution is 7.89. The monoisotopic (exact) mass is 687 g/mol. The number of allylic oxidation sites excluding steroid dienone is 2. The molecule has 1 aliphatic heterocycles. The Morgan fingerprint density at radius 2 is 1.85 bits per heavy atom. The summed E-state index contributed by atoms with van der Waals surface area (Å²) in [4.78, 5) is 35.6. The first-order chi connectivity index (χ1) is 22.5. The molecule has 1 aromatic carbocycles. The average Bonchev–Trinajstić information content (AvgIpc) is 3.46. The van der Waals surface area contributed by atoms with Crippen molar-refractivity contribution in [3.8, 4) is 11.3 Å². The molecule has 1 fully saturated rings. The number of carbonyl (C=O) groups excluding carboxylic acids is 3. The van der Waals surface area contributed by atoms with E-state index >= 15 is 0 Å². The lowest BCUT2D eigenvalue weighted by Gasteiger charge is -2.26. The average molecular weight is 688 g/mol. The topological polar surface area (TPSA) is 126 Å². The Kier molecular flexibility index (Phi) is 15.4. The number of amides is 1. The van der Waals surface area contributed by atoms with E-state index < -0.39 is 21.4 Å². The minimum absolute atomic E-state index is 0.00365. The van der Waals surface area contributed by atoms with Crippen molar-refractivity contribution in [2.24, 2.45) is 11.8 Å². The molecular weight excluding hydrogens is 638 g/mol. The second kappa shape index (κ2) is 19.0. The van der Waals surface area contributed by atoms with Crippen molar-refractivity contribution in [1.82, 2.24) is 14.9 Å². The van der Waals surface area contributed by atoms with Crippen LogP contribution in [-0.4, -0.2) is 55.2 Å². The molecule has 258 valence electrons. The third-order valence-corrected chi connectivity index (χ3v) is 11.1. The van der Waals surface area contributed by atoms with E-state index in [1.54, 1.807) is 43.5 Å². The van der Waals surface area contributed by atoms with Gasteiger partial charge in [0.25, 0.3) is 5.91 Å². The van der Waals surface area contributed by atoms with Crippen molar-refractivity contribution in [2.45, 2.75) is 96.9 Å². The lowest BCUT2D eigenvalue weighted by atomic mass is 9.84. The molecule has 2 heterocycles. The molecule has 4 rings (SSSR count). The molecule has 47 heavy (non-hydrogen) atoms. The molecule has 0 bridgehead atoms. The van der Waals surface area contributed by atoms with Gasteiger partial charge in [0, 0.05) is 22.7 Å². The third-order valence-electron chi connectivity index (χ3n) is 8.86. The zero-order valence-corrected chi connectivity index (χ0v) is 29.6. The maximum Gasteiger partial charge on any atom is 0.287 e. The van der Waals surface area contributed by atoms with Gasteiger partial charge in [0.2, 0.25) is 10.0 Å². The fourth-order valence-electron chi connectivity index (χ4n) is 5.77. The molecule has 1 amide bonds. The first-order valence-corrected chi connectivity index (χ1v) is 18.5. The van der Waals surface area contributed by atoms with E-state index in [-0.39, 0.29) is 24.0 Å². The van der Waals surface area contributed by atoms with Crippen molar-refractivity contribution in [1.29, 1.82) is 0 Å². The lowest BCUT2D eigenvalue weighted by Crippen LogP contribution is -2.45. The molecule has 0 spiro atoms. The van der Waals surface area contributed by atoms with Gasteiger partial charge in [-0.1, -0.05) is 70.0 Å². The summed E-state index contributed by atoms with van der Waals surface area (Å²) in [7, 11) is -3.54. The number of Topliss-reactive ketones (excluding diaryl/α,β-unsaturated/α-hetero) is 1. The Labute approximate surface area is 285 Å². The van der Waals surface area contributed by atoms with Crippen molar-refractivity contribution < 1.29 is 27.2 Å². The second-order valence-corrected chi connectivity index (χ2v) is 15.1. The van der Waals surface area contributed by atoms with Crippen LogP contribution in [0.25, 0.3) is 11.3 Å². The van der Waals surface area contributed by atoms with E-state index in [2.05, 4.69) is 24.5 Å². The van der Waals surface area contributed by atoms with Gasteiger partial charge in [0.1, 0.15) is 12.0 Å². The molecule has 1 aliphatic carbocycles. The van der Waals surface area contributed by atoms with Gasteiger partial charge in [-0.2, -0.15) is 4.31 Å². The maximum absolute atomic E-state index is 12.7. The third kappa shape index (κ3) is 11.8. The molecule has 2 aliphatic rings. The molecule has 11 heteroatoms.